The molecule has 1 unspecified atom stereocenters. The second kappa shape index (κ2) is 7.46. The fraction of sp³-hybridized carbons (Fsp3) is 0.429. The molecule has 0 aliphatic carbocycles. The van der Waals surface area contributed by atoms with Gasteiger partial charge in [-0.25, -0.2) is 0 Å². The highest BCUT2D eigenvalue weighted by molar-refractivity contribution is 5.78. The lowest BCUT2D eigenvalue weighted by Gasteiger charge is -2.12. The number of amides is 1. The molecule has 0 aliphatic rings. The molecule has 1 aromatic rings. The Morgan fingerprint density at radius 1 is 1.39 bits per heavy atom. The van der Waals surface area contributed by atoms with Crippen molar-refractivity contribution < 1.29 is 4.79 Å². The second-order valence-corrected chi connectivity index (χ2v) is 4.24. The molecule has 1 atom stereocenters. The molecular weight excluding hydrogens is 226 g/mol. The average molecular weight is 245 g/mol. The first-order valence-corrected chi connectivity index (χ1v) is 6.14. The molecule has 4 heteroatoms. The third-order valence-electron chi connectivity index (χ3n) is 2.70. The van der Waals surface area contributed by atoms with E-state index in [0.717, 1.165) is 12.1 Å². The first-order chi connectivity index (χ1) is 8.67. The van der Waals surface area contributed by atoms with E-state index in [1.165, 1.54) is 0 Å². The minimum atomic E-state index is -0.0386. The van der Waals surface area contributed by atoms with Gasteiger partial charge in [-0.05, 0) is 24.2 Å². The first kappa shape index (κ1) is 14.2. The maximum atomic E-state index is 11.7. The molecule has 0 bridgehead atoms. The number of benzene rings is 1. The zero-order chi connectivity index (χ0) is 13.4. The Balaban J connectivity index is 2.39. The summed E-state index contributed by atoms with van der Waals surface area (Å²) in [6.07, 6.45) is 0. The summed E-state index contributed by atoms with van der Waals surface area (Å²) in [6, 6.07) is 9.28. The Bertz CT molecular complexity index is 420. The third kappa shape index (κ3) is 4.56. The summed E-state index contributed by atoms with van der Waals surface area (Å²) < 4.78 is 0. The van der Waals surface area contributed by atoms with Gasteiger partial charge < -0.3 is 10.6 Å². The predicted octanol–water partition coefficient (Wildman–Crippen LogP) is 1.42. The van der Waals surface area contributed by atoms with Crippen LogP contribution in [0.15, 0.2) is 24.3 Å². The highest BCUT2D eigenvalue weighted by atomic mass is 16.1. The smallest absolute Gasteiger partial charge is 0.224 e. The number of nitriles is 1. The molecule has 1 aromatic carbocycles. The standard InChI is InChI=1S/C14H19N3O/c1-3-16-9-11(2)14(18)17-10-13-6-4-12(8-15)5-7-13/h4-7,11,16H,3,9-10H2,1-2H3,(H,17,18). The van der Waals surface area contributed by atoms with Crippen LogP contribution in [0.2, 0.25) is 0 Å². The summed E-state index contributed by atoms with van der Waals surface area (Å²) in [5.41, 5.74) is 1.63. The van der Waals surface area contributed by atoms with Gasteiger partial charge in [-0.1, -0.05) is 26.0 Å². The quantitative estimate of drug-likeness (QED) is 0.796. The minimum Gasteiger partial charge on any atom is -0.352 e. The number of carbonyl (C=O) groups excluding carboxylic acids is 1. The SMILES string of the molecule is CCNCC(C)C(=O)NCc1ccc(C#N)cc1. The van der Waals surface area contributed by atoms with Crippen LogP contribution < -0.4 is 10.6 Å². The van der Waals surface area contributed by atoms with Crippen molar-refractivity contribution in [1.29, 1.82) is 5.26 Å². The highest BCUT2D eigenvalue weighted by Gasteiger charge is 2.11. The third-order valence-corrected chi connectivity index (χ3v) is 2.70. The molecule has 0 spiro atoms. The predicted molar refractivity (Wildman–Crippen MR) is 70.7 cm³/mol. The molecule has 96 valence electrons. The summed E-state index contributed by atoms with van der Waals surface area (Å²) in [5.74, 6) is 0.00337. The lowest BCUT2D eigenvalue weighted by Crippen LogP contribution is -2.34. The van der Waals surface area contributed by atoms with E-state index >= 15 is 0 Å². The average Bonchev–Trinajstić information content (AvgIpc) is 2.42. The molecule has 2 N–H and O–H groups in total. The van der Waals surface area contributed by atoms with Gasteiger partial charge in [0.05, 0.1) is 11.6 Å². The summed E-state index contributed by atoms with van der Waals surface area (Å²) in [4.78, 5) is 11.7. The second-order valence-electron chi connectivity index (χ2n) is 4.24. The van der Waals surface area contributed by atoms with E-state index in [2.05, 4.69) is 16.7 Å². The van der Waals surface area contributed by atoms with Crippen LogP contribution in [0.5, 0.6) is 0 Å². The van der Waals surface area contributed by atoms with Gasteiger partial charge in [0, 0.05) is 19.0 Å². The molecular formula is C14H19N3O. The highest BCUT2D eigenvalue weighted by Crippen LogP contribution is 2.03. The number of hydrogen-bond acceptors (Lipinski definition) is 3. The van der Waals surface area contributed by atoms with E-state index in [4.69, 9.17) is 5.26 Å². The fourth-order valence-electron chi connectivity index (χ4n) is 1.51. The lowest BCUT2D eigenvalue weighted by molar-refractivity contribution is -0.124. The van der Waals surface area contributed by atoms with Gasteiger partial charge in [-0.15, -0.1) is 0 Å². The van der Waals surface area contributed by atoms with Gasteiger partial charge in [-0.2, -0.15) is 5.26 Å². The van der Waals surface area contributed by atoms with Gasteiger partial charge in [0.25, 0.3) is 0 Å². The van der Waals surface area contributed by atoms with Crippen LogP contribution in [0.25, 0.3) is 0 Å². The van der Waals surface area contributed by atoms with E-state index in [1.54, 1.807) is 12.1 Å². The van der Waals surface area contributed by atoms with Gasteiger partial charge in [0.1, 0.15) is 0 Å². The van der Waals surface area contributed by atoms with E-state index in [1.807, 2.05) is 26.0 Å². The van der Waals surface area contributed by atoms with Gasteiger partial charge in [-0.3, -0.25) is 4.79 Å². The van der Waals surface area contributed by atoms with Crippen molar-refractivity contribution in [3.63, 3.8) is 0 Å². The molecule has 0 saturated heterocycles. The maximum absolute atomic E-state index is 11.7. The van der Waals surface area contributed by atoms with E-state index in [0.29, 0.717) is 18.7 Å². The molecule has 0 aromatic heterocycles. The number of hydrogen-bond donors (Lipinski definition) is 2. The molecule has 0 saturated carbocycles. The van der Waals surface area contributed by atoms with Crippen molar-refractivity contribution in [2.45, 2.75) is 20.4 Å². The van der Waals surface area contributed by atoms with Crippen molar-refractivity contribution >= 4 is 5.91 Å². The Hall–Kier alpha value is -1.86. The van der Waals surface area contributed by atoms with E-state index < -0.39 is 0 Å². The van der Waals surface area contributed by atoms with Crippen molar-refractivity contribution in [2.75, 3.05) is 13.1 Å². The minimum absolute atomic E-state index is 0.0386. The van der Waals surface area contributed by atoms with E-state index in [9.17, 15) is 4.79 Å². The zero-order valence-electron chi connectivity index (χ0n) is 10.9. The largest absolute Gasteiger partial charge is 0.352 e. The van der Waals surface area contributed by atoms with Crippen LogP contribution in [0.3, 0.4) is 0 Å². The number of nitrogens with one attached hydrogen (secondary N) is 2. The van der Waals surface area contributed by atoms with Crippen LogP contribution in [0.4, 0.5) is 0 Å². The van der Waals surface area contributed by atoms with Crippen LogP contribution >= 0.6 is 0 Å². The molecule has 0 heterocycles. The normalized spacial score (nSPS) is 11.6. The van der Waals surface area contributed by atoms with Gasteiger partial charge in [0.2, 0.25) is 5.91 Å². The number of rotatable bonds is 6. The molecule has 0 fully saturated rings. The van der Waals surface area contributed by atoms with Crippen LogP contribution in [0.1, 0.15) is 25.0 Å². The Morgan fingerprint density at radius 2 is 2.06 bits per heavy atom. The number of nitrogens with zero attached hydrogens (tertiary/aromatic N) is 1. The maximum Gasteiger partial charge on any atom is 0.224 e. The zero-order valence-corrected chi connectivity index (χ0v) is 10.9. The summed E-state index contributed by atoms with van der Waals surface area (Å²) >= 11 is 0. The van der Waals surface area contributed by atoms with Crippen LogP contribution in [0, 0.1) is 17.2 Å². The fourth-order valence-corrected chi connectivity index (χ4v) is 1.51. The van der Waals surface area contributed by atoms with E-state index in [-0.39, 0.29) is 11.8 Å². The van der Waals surface area contributed by atoms with Gasteiger partial charge >= 0.3 is 0 Å². The Morgan fingerprint density at radius 3 is 2.61 bits per heavy atom. The van der Waals surface area contributed by atoms with Gasteiger partial charge in [0.15, 0.2) is 0 Å². The molecule has 4 nitrogen and oxygen atoms in total. The van der Waals surface area contributed by atoms with Crippen LogP contribution in [-0.4, -0.2) is 19.0 Å². The summed E-state index contributed by atoms with van der Waals surface area (Å²) in [7, 11) is 0. The molecule has 18 heavy (non-hydrogen) atoms. The van der Waals surface area contributed by atoms with Crippen molar-refractivity contribution in [3.05, 3.63) is 35.4 Å². The Labute approximate surface area is 108 Å². The van der Waals surface area contributed by atoms with Crippen molar-refractivity contribution in [3.8, 4) is 6.07 Å². The monoisotopic (exact) mass is 245 g/mol. The van der Waals surface area contributed by atoms with Crippen molar-refractivity contribution in [2.24, 2.45) is 5.92 Å². The van der Waals surface area contributed by atoms with Crippen molar-refractivity contribution in [1.82, 2.24) is 10.6 Å². The summed E-state index contributed by atoms with van der Waals surface area (Å²) in [6.45, 7) is 5.97. The number of carbonyl (C=O) groups is 1. The molecule has 1 amide bonds. The Kier molecular flexibility index (Phi) is 5.89. The summed E-state index contributed by atoms with van der Waals surface area (Å²) in [5, 5.41) is 14.7. The van der Waals surface area contributed by atoms with Crippen LogP contribution in [-0.2, 0) is 11.3 Å². The molecule has 1 rings (SSSR count). The molecule has 0 aliphatic heterocycles. The first-order valence-electron chi connectivity index (χ1n) is 6.14. The topological polar surface area (TPSA) is 64.9 Å². The molecule has 0 radical (unpaired) electrons. The lowest BCUT2D eigenvalue weighted by atomic mass is 10.1.